The van der Waals surface area contributed by atoms with Crippen molar-refractivity contribution in [3.63, 3.8) is 0 Å². The van der Waals surface area contributed by atoms with E-state index in [-0.39, 0.29) is 30.1 Å². The third kappa shape index (κ3) is 5.55. The van der Waals surface area contributed by atoms with Crippen LogP contribution in [-0.4, -0.2) is 55.9 Å². The van der Waals surface area contributed by atoms with E-state index in [0.29, 0.717) is 13.1 Å². The Bertz CT molecular complexity index is 912. The molecule has 0 radical (unpaired) electrons. The summed E-state index contributed by atoms with van der Waals surface area (Å²) in [5.74, 6) is -0.480. The van der Waals surface area contributed by atoms with Crippen molar-refractivity contribution in [3.05, 3.63) is 66.0 Å². The second-order valence-electron chi connectivity index (χ2n) is 7.22. The van der Waals surface area contributed by atoms with E-state index in [2.05, 4.69) is 17.4 Å². The van der Waals surface area contributed by atoms with Gasteiger partial charge in [-0.1, -0.05) is 30.3 Å². The van der Waals surface area contributed by atoms with Gasteiger partial charge in [-0.05, 0) is 49.6 Å². The first-order valence-corrected chi connectivity index (χ1v) is 11.2. The van der Waals surface area contributed by atoms with E-state index < -0.39 is 15.8 Å². The first-order chi connectivity index (χ1) is 13.9. The normalized spacial score (nSPS) is 16.4. The van der Waals surface area contributed by atoms with Gasteiger partial charge in [0.05, 0.1) is 4.90 Å². The maximum Gasteiger partial charge on any atom is 0.317 e. The Hall–Kier alpha value is -2.45. The number of rotatable bonds is 6. The van der Waals surface area contributed by atoms with E-state index in [1.165, 1.54) is 22.0 Å². The Labute approximate surface area is 171 Å². The molecule has 2 aromatic rings. The highest BCUT2D eigenvalue weighted by molar-refractivity contribution is 7.89. The lowest BCUT2D eigenvalue weighted by atomic mass is 10.1. The summed E-state index contributed by atoms with van der Waals surface area (Å²) < 4.78 is 39.7. The zero-order chi connectivity index (χ0) is 20.9. The molecule has 0 aromatic heterocycles. The number of aryl methyl sites for hydroxylation is 1. The summed E-state index contributed by atoms with van der Waals surface area (Å²) >= 11 is 0. The molecule has 1 atom stereocenters. The van der Waals surface area contributed by atoms with Crippen LogP contribution in [0.5, 0.6) is 0 Å². The second-order valence-corrected chi connectivity index (χ2v) is 9.16. The molecular formula is C21H26FN3O3S. The number of benzene rings is 2. The van der Waals surface area contributed by atoms with Gasteiger partial charge in [0.25, 0.3) is 0 Å². The fourth-order valence-electron chi connectivity index (χ4n) is 3.29. The van der Waals surface area contributed by atoms with Gasteiger partial charge in [-0.2, -0.15) is 4.31 Å². The van der Waals surface area contributed by atoms with Crippen LogP contribution in [0.1, 0.15) is 18.9 Å². The molecule has 8 heteroatoms. The van der Waals surface area contributed by atoms with Crippen LogP contribution in [0, 0.1) is 5.82 Å². The zero-order valence-electron chi connectivity index (χ0n) is 16.4. The zero-order valence-corrected chi connectivity index (χ0v) is 17.2. The van der Waals surface area contributed by atoms with Gasteiger partial charge in [-0.25, -0.2) is 17.6 Å². The number of sulfonamides is 1. The summed E-state index contributed by atoms with van der Waals surface area (Å²) in [6, 6.07) is 14.7. The van der Waals surface area contributed by atoms with Crippen molar-refractivity contribution >= 4 is 16.1 Å². The highest BCUT2D eigenvalue weighted by Gasteiger charge is 2.30. The number of halogens is 1. The smallest absolute Gasteiger partial charge is 0.317 e. The SMILES string of the molecule is C[C@@H](CCc1ccccc1)NC(=O)N1CCN(S(=O)(=O)c2ccc(F)cc2)CC1. The quantitative estimate of drug-likeness (QED) is 0.783. The maximum absolute atomic E-state index is 13.1. The standard InChI is InChI=1S/C21H26FN3O3S/c1-17(7-8-18-5-3-2-4-6-18)23-21(26)24-13-15-25(16-14-24)29(27,28)20-11-9-19(22)10-12-20/h2-6,9-12,17H,7-8,13-16H2,1H3,(H,23,26)/t17-/m0/s1. The van der Waals surface area contributed by atoms with E-state index in [1.807, 2.05) is 25.1 Å². The highest BCUT2D eigenvalue weighted by Crippen LogP contribution is 2.18. The van der Waals surface area contributed by atoms with Gasteiger partial charge in [-0.15, -0.1) is 0 Å². The van der Waals surface area contributed by atoms with Crippen LogP contribution < -0.4 is 5.32 Å². The predicted molar refractivity (Wildman–Crippen MR) is 109 cm³/mol. The van der Waals surface area contributed by atoms with Crippen LogP contribution in [0.3, 0.4) is 0 Å². The molecule has 3 rings (SSSR count). The molecule has 6 nitrogen and oxygen atoms in total. The van der Waals surface area contributed by atoms with E-state index >= 15 is 0 Å². The number of nitrogens with one attached hydrogen (secondary N) is 1. The monoisotopic (exact) mass is 419 g/mol. The van der Waals surface area contributed by atoms with Gasteiger partial charge in [0, 0.05) is 32.2 Å². The van der Waals surface area contributed by atoms with E-state index in [9.17, 15) is 17.6 Å². The molecule has 0 spiro atoms. The lowest BCUT2D eigenvalue weighted by molar-refractivity contribution is 0.169. The van der Waals surface area contributed by atoms with Crippen LogP contribution in [0.4, 0.5) is 9.18 Å². The number of carbonyl (C=O) groups is 1. The molecule has 0 saturated carbocycles. The predicted octanol–water partition coefficient (Wildman–Crippen LogP) is 2.86. The van der Waals surface area contributed by atoms with Crippen molar-refractivity contribution in [2.75, 3.05) is 26.2 Å². The topological polar surface area (TPSA) is 69.7 Å². The third-order valence-corrected chi connectivity index (χ3v) is 6.97. The van der Waals surface area contributed by atoms with Gasteiger partial charge in [0.15, 0.2) is 0 Å². The van der Waals surface area contributed by atoms with Crippen molar-refractivity contribution in [2.24, 2.45) is 0 Å². The molecule has 0 unspecified atom stereocenters. The number of hydrogen-bond acceptors (Lipinski definition) is 3. The summed E-state index contributed by atoms with van der Waals surface area (Å²) in [5.41, 5.74) is 1.23. The molecule has 1 fully saturated rings. The Kier molecular flexibility index (Phi) is 6.87. The van der Waals surface area contributed by atoms with Crippen molar-refractivity contribution in [3.8, 4) is 0 Å². The van der Waals surface area contributed by atoms with Gasteiger partial charge < -0.3 is 10.2 Å². The number of piperazine rings is 1. The summed E-state index contributed by atoms with van der Waals surface area (Å²) in [5, 5.41) is 2.99. The fourth-order valence-corrected chi connectivity index (χ4v) is 4.71. The van der Waals surface area contributed by atoms with Crippen molar-refractivity contribution in [1.82, 2.24) is 14.5 Å². The average molecular weight is 420 g/mol. The van der Waals surface area contributed by atoms with Gasteiger partial charge in [0.2, 0.25) is 10.0 Å². The molecule has 1 saturated heterocycles. The third-order valence-electron chi connectivity index (χ3n) is 5.06. The van der Waals surface area contributed by atoms with Gasteiger partial charge in [-0.3, -0.25) is 0 Å². The van der Waals surface area contributed by atoms with Gasteiger partial charge >= 0.3 is 6.03 Å². The molecule has 1 N–H and O–H groups in total. The summed E-state index contributed by atoms with van der Waals surface area (Å²) in [6.07, 6.45) is 1.71. The molecule has 1 aliphatic heterocycles. The average Bonchev–Trinajstić information content (AvgIpc) is 2.73. The fraction of sp³-hybridized carbons (Fsp3) is 0.381. The first kappa shape index (κ1) is 21.3. The first-order valence-electron chi connectivity index (χ1n) is 9.71. The Balaban J connectivity index is 1.48. The molecule has 2 aromatic carbocycles. The number of carbonyl (C=O) groups excluding carboxylic acids is 1. The summed E-state index contributed by atoms with van der Waals surface area (Å²) in [7, 11) is -3.68. The lowest BCUT2D eigenvalue weighted by Gasteiger charge is -2.34. The summed E-state index contributed by atoms with van der Waals surface area (Å²) in [4.78, 5) is 14.2. The minimum Gasteiger partial charge on any atom is -0.336 e. The lowest BCUT2D eigenvalue weighted by Crippen LogP contribution is -2.54. The molecular weight excluding hydrogens is 393 g/mol. The van der Waals surface area contributed by atoms with Crippen molar-refractivity contribution in [2.45, 2.75) is 30.7 Å². The van der Waals surface area contributed by atoms with E-state index in [1.54, 1.807) is 4.90 Å². The van der Waals surface area contributed by atoms with Crippen molar-refractivity contribution < 1.29 is 17.6 Å². The molecule has 1 heterocycles. The minimum absolute atomic E-state index is 0.0173. The van der Waals surface area contributed by atoms with Gasteiger partial charge in [0.1, 0.15) is 5.82 Å². The molecule has 0 bridgehead atoms. The van der Waals surface area contributed by atoms with Crippen LogP contribution in [0.2, 0.25) is 0 Å². The highest BCUT2D eigenvalue weighted by atomic mass is 32.2. The van der Waals surface area contributed by atoms with Crippen LogP contribution >= 0.6 is 0 Å². The van der Waals surface area contributed by atoms with Crippen LogP contribution in [-0.2, 0) is 16.4 Å². The molecule has 1 aliphatic rings. The second kappa shape index (κ2) is 9.37. The number of urea groups is 1. The Morgan fingerprint density at radius 2 is 1.66 bits per heavy atom. The van der Waals surface area contributed by atoms with Crippen LogP contribution in [0.25, 0.3) is 0 Å². The molecule has 156 valence electrons. The largest absolute Gasteiger partial charge is 0.336 e. The molecule has 2 amide bonds. The number of nitrogens with zero attached hydrogens (tertiary/aromatic N) is 2. The molecule has 0 aliphatic carbocycles. The summed E-state index contributed by atoms with van der Waals surface area (Å²) in [6.45, 7) is 3.03. The number of amides is 2. The Morgan fingerprint density at radius 3 is 2.28 bits per heavy atom. The Morgan fingerprint density at radius 1 is 1.03 bits per heavy atom. The van der Waals surface area contributed by atoms with E-state index in [0.717, 1.165) is 25.0 Å². The molecule has 29 heavy (non-hydrogen) atoms. The van der Waals surface area contributed by atoms with Crippen LogP contribution in [0.15, 0.2) is 59.5 Å². The maximum atomic E-state index is 13.1. The number of hydrogen-bond donors (Lipinski definition) is 1. The minimum atomic E-state index is -3.68. The van der Waals surface area contributed by atoms with Crippen molar-refractivity contribution in [1.29, 1.82) is 0 Å². The van der Waals surface area contributed by atoms with E-state index in [4.69, 9.17) is 0 Å².